The predicted octanol–water partition coefficient (Wildman–Crippen LogP) is -0.391. The highest BCUT2D eigenvalue weighted by molar-refractivity contribution is 7.91. The second-order valence-corrected chi connectivity index (χ2v) is 8.32. The van der Waals surface area contributed by atoms with Crippen LogP contribution in [0.25, 0.3) is 0 Å². The van der Waals surface area contributed by atoms with E-state index in [1.165, 1.54) is 0 Å². The number of benzene rings is 1. The zero-order chi connectivity index (χ0) is 14.5. The molecule has 0 atom stereocenters. The van der Waals surface area contributed by atoms with E-state index in [1.807, 2.05) is 0 Å². The van der Waals surface area contributed by atoms with Gasteiger partial charge in [-0.15, -0.1) is 0 Å². The van der Waals surface area contributed by atoms with E-state index in [2.05, 4.69) is 4.72 Å². The number of nitrogens with one attached hydrogen (secondary N) is 1. The van der Waals surface area contributed by atoms with Crippen molar-refractivity contribution in [1.29, 1.82) is 0 Å². The van der Waals surface area contributed by atoms with E-state index in [9.17, 15) is 16.8 Å². The van der Waals surface area contributed by atoms with Gasteiger partial charge in [0.1, 0.15) is 9.84 Å². The minimum absolute atomic E-state index is 0.119. The fourth-order valence-corrected chi connectivity index (χ4v) is 3.34. The highest BCUT2D eigenvalue weighted by Gasteiger charge is 2.14. The molecule has 0 radical (unpaired) electrons. The number of rotatable bonds is 7. The molecule has 0 aliphatic heterocycles. The summed E-state index contributed by atoms with van der Waals surface area (Å²) >= 11 is 0. The van der Waals surface area contributed by atoms with Gasteiger partial charge in [0.05, 0.1) is 11.5 Å². The Morgan fingerprint density at radius 2 is 1.68 bits per heavy atom. The van der Waals surface area contributed by atoms with Gasteiger partial charge in [0.15, 0.2) is 0 Å². The highest BCUT2D eigenvalue weighted by Crippen LogP contribution is 2.11. The van der Waals surface area contributed by atoms with Crippen LogP contribution in [0.4, 0.5) is 0 Å². The Morgan fingerprint density at radius 1 is 1.11 bits per heavy atom. The Kier molecular flexibility index (Phi) is 5.48. The van der Waals surface area contributed by atoms with Crippen LogP contribution in [0, 0.1) is 0 Å². The molecule has 0 aliphatic rings. The van der Waals surface area contributed by atoms with Crippen molar-refractivity contribution in [3.8, 4) is 0 Å². The molecular weight excluding hydrogens is 288 g/mol. The van der Waals surface area contributed by atoms with Crippen LogP contribution in [0.1, 0.15) is 11.1 Å². The Morgan fingerprint density at radius 3 is 2.21 bits per heavy atom. The Hall–Kier alpha value is -0.960. The molecule has 0 unspecified atom stereocenters. The molecular formula is C11H18N2O4S2. The summed E-state index contributed by atoms with van der Waals surface area (Å²) < 4.78 is 47.7. The minimum atomic E-state index is -3.56. The van der Waals surface area contributed by atoms with Gasteiger partial charge in [-0.05, 0) is 11.1 Å². The first-order valence-corrected chi connectivity index (χ1v) is 9.37. The molecule has 0 aliphatic carbocycles. The van der Waals surface area contributed by atoms with Crippen molar-refractivity contribution in [2.24, 2.45) is 5.73 Å². The van der Waals surface area contributed by atoms with Crippen molar-refractivity contribution < 1.29 is 16.8 Å². The summed E-state index contributed by atoms with van der Waals surface area (Å²) in [5.74, 6) is -0.422. The summed E-state index contributed by atoms with van der Waals surface area (Å²) in [4.78, 5) is 0. The fraction of sp³-hybridized carbons (Fsp3) is 0.455. The standard InChI is InChI=1S/C11H18N2O4S2/c1-18(14,15)7-6-13-19(16,17)9-11-5-3-2-4-10(11)8-12/h2-5,13H,6-9,12H2,1H3. The van der Waals surface area contributed by atoms with Crippen molar-refractivity contribution in [3.05, 3.63) is 35.4 Å². The summed E-state index contributed by atoms with van der Waals surface area (Å²) in [5, 5.41) is 0. The quantitative estimate of drug-likeness (QED) is 0.713. The summed E-state index contributed by atoms with van der Waals surface area (Å²) in [6.45, 7) is 0.140. The Bertz CT molecular complexity index is 624. The maximum atomic E-state index is 11.8. The van der Waals surface area contributed by atoms with E-state index in [4.69, 9.17) is 5.73 Å². The topological polar surface area (TPSA) is 106 Å². The molecule has 0 saturated carbocycles. The average molecular weight is 306 g/mol. The molecule has 6 nitrogen and oxygen atoms in total. The van der Waals surface area contributed by atoms with Crippen LogP contribution in [-0.2, 0) is 32.2 Å². The maximum absolute atomic E-state index is 11.8. The van der Waals surface area contributed by atoms with Crippen LogP contribution in [0.5, 0.6) is 0 Å². The SMILES string of the molecule is CS(=O)(=O)CCNS(=O)(=O)Cc1ccccc1CN. The molecule has 8 heteroatoms. The van der Waals surface area contributed by atoms with Crippen LogP contribution >= 0.6 is 0 Å². The van der Waals surface area contributed by atoms with Crippen LogP contribution in [0.3, 0.4) is 0 Å². The molecule has 0 aromatic heterocycles. The van der Waals surface area contributed by atoms with Crippen molar-refractivity contribution in [2.45, 2.75) is 12.3 Å². The molecule has 1 rings (SSSR count). The van der Waals surface area contributed by atoms with E-state index in [0.717, 1.165) is 11.8 Å². The van der Waals surface area contributed by atoms with E-state index in [-0.39, 0.29) is 24.6 Å². The fourth-order valence-electron chi connectivity index (χ4n) is 1.54. The summed E-state index contributed by atoms with van der Waals surface area (Å²) in [6.07, 6.45) is 1.06. The number of sulfonamides is 1. The van der Waals surface area contributed by atoms with Gasteiger partial charge in [-0.3, -0.25) is 0 Å². The molecule has 0 amide bonds. The third kappa shape index (κ3) is 6.15. The first-order chi connectivity index (χ1) is 8.73. The third-order valence-corrected chi connectivity index (χ3v) is 4.76. The van der Waals surface area contributed by atoms with E-state index in [0.29, 0.717) is 5.56 Å². The molecule has 0 fully saturated rings. The monoisotopic (exact) mass is 306 g/mol. The van der Waals surface area contributed by atoms with Gasteiger partial charge >= 0.3 is 0 Å². The molecule has 19 heavy (non-hydrogen) atoms. The van der Waals surface area contributed by atoms with Gasteiger partial charge < -0.3 is 5.73 Å². The molecule has 0 saturated heterocycles. The summed E-state index contributed by atoms with van der Waals surface area (Å²) in [5.41, 5.74) is 6.91. The number of nitrogens with two attached hydrogens (primary N) is 1. The lowest BCUT2D eigenvalue weighted by atomic mass is 10.1. The lowest BCUT2D eigenvalue weighted by Gasteiger charge is -2.09. The predicted molar refractivity (Wildman–Crippen MR) is 74.7 cm³/mol. The number of hydrogen-bond acceptors (Lipinski definition) is 5. The van der Waals surface area contributed by atoms with Crippen LogP contribution in [-0.4, -0.2) is 35.4 Å². The lowest BCUT2D eigenvalue weighted by Crippen LogP contribution is -2.30. The second kappa shape index (κ2) is 6.47. The zero-order valence-electron chi connectivity index (χ0n) is 10.7. The number of hydrogen-bond donors (Lipinski definition) is 2. The molecule has 0 spiro atoms. The van der Waals surface area contributed by atoms with Crippen LogP contribution in [0.15, 0.2) is 24.3 Å². The van der Waals surface area contributed by atoms with Gasteiger partial charge in [0, 0.05) is 19.3 Å². The second-order valence-electron chi connectivity index (χ2n) is 4.26. The van der Waals surface area contributed by atoms with Crippen molar-refractivity contribution in [2.75, 3.05) is 18.6 Å². The summed E-state index contributed by atoms with van der Waals surface area (Å²) in [7, 11) is -6.74. The minimum Gasteiger partial charge on any atom is -0.326 e. The largest absolute Gasteiger partial charge is 0.326 e. The van der Waals surface area contributed by atoms with Crippen molar-refractivity contribution in [1.82, 2.24) is 4.72 Å². The van der Waals surface area contributed by atoms with Crippen molar-refractivity contribution >= 4 is 19.9 Å². The first kappa shape index (κ1) is 16.1. The highest BCUT2D eigenvalue weighted by atomic mass is 32.2. The molecule has 0 bridgehead atoms. The Balaban J connectivity index is 2.69. The molecule has 108 valence electrons. The van der Waals surface area contributed by atoms with Gasteiger partial charge in [-0.2, -0.15) is 0 Å². The summed E-state index contributed by atoms with van der Waals surface area (Å²) in [6, 6.07) is 6.98. The average Bonchev–Trinajstić information content (AvgIpc) is 2.27. The number of sulfone groups is 1. The third-order valence-electron chi connectivity index (χ3n) is 2.48. The van der Waals surface area contributed by atoms with Crippen LogP contribution in [0.2, 0.25) is 0 Å². The van der Waals surface area contributed by atoms with Gasteiger partial charge in [0.2, 0.25) is 10.0 Å². The molecule has 1 aromatic rings. The van der Waals surface area contributed by atoms with Gasteiger partial charge in [-0.25, -0.2) is 21.6 Å². The molecule has 0 heterocycles. The molecule has 3 N–H and O–H groups in total. The Labute approximate surface area is 114 Å². The van der Waals surface area contributed by atoms with Crippen molar-refractivity contribution in [3.63, 3.8) is 0 Å². The van der Waals surface area contributed by atoms with Gasteiger partial charge in [0.25, 0.3) is 0 Å². The van der Waals surface area contributed by atoms with Crippen LogP contribution < -0.4 is 10.5 Å². The zero-order valence-corrected chi connectivity index (χ0v) is 12.3. The molecule has 1 aromatic carbocycles. The smallest absolute Gasteiger partial charge is 0.215 e. The van der Waals surface area contributed by atoms with E-state index < -0.39 is 19.9 Å². The van der Waals surface area contributed by atoms with E-state index >= 15 is 0 Å². The first-order valence-electron chi connectivity index (χ1n) is 5.65. The lowest BCUT2D eigenvalue weighted by molar-refractivity contribution is 0.581. The normalized spacial score (nSPS) is 12.5. The van der Waals surface area contributed by atoms with Gasteiger partial charge in [-0.1, -0.05) is 24.3 Å². The maximum Gasteiger partial charge on any atom is 0.215 e. The van der Waals surface area contributed by atoms with E-state index in [1.54, 1.807) is 24.3 Å².